The zero-order valence-electron chi connectivity index (χ0n) is 5.76. The van der Waals surface area contributed by atoms with Gasteiger partial charge in [-0.2, -0.15) is 0 Å². The predicted molar refractivity (Wildman–Crippen MR) is 34.2 cm³/mol. The van der Waals surface area contributed by atoms with Gasteiger partial charge in [0.1, 0.15) is 12.2 Å². The van der Waals surface area contributed by atoms with Gasteiger partial charge in [0.05, 0.1) is 0 Å². The summed E-state index contributed by atoms with van der Waals surface area (Å²) in [7, 11) is 1.53. The van der Waals surface area contributed by atoms with Crippen molar-refractivity contribution in [1.29, 1.82) is 0 Å². The molecule has 0 aliphatic heterocycles. The molecule has 0 saturated heterocycles. The van der Waals surface area contributed by atoms with Crippen LogP contribution < -0.4 is 0 Å². The molecule has 0 heterocycles. The fourth-order valence-corrected chi connectivity index (χ4v) is 0.329. The van der Waals surface area contributed by atoms with E-state index in [1.807, 2.05) is 0 Å². The van der Waals surface area contributed by atoms with E-state index in [4.69, 9.17) is 9.99 Å². The average molecular weight is 132 g/mol. The van der Waals surface area contributed by atoms with Gasteiger partial charge in [-0.15, -0.1) is 6.58 Å². The van der Waals surface area contributed by atoms with Crippen LogP contribution in [0.25, 0.3) is 0 Å². The van der Waals surface area contributed by atoms with Gasteiger partial charge in [0.25, 0.3) is 0 Å². The van der Waals surface area contributed by atoms with Crippen molar-refractivity contribution in [2.24, 2.45) is 0 Å². The first-order valence-electron chi connectivity index (χ1n) is 2.63. The SMILES string of the molecule is C=CC(C)(COO)OC. The second-order valence-electron chi connectivity index (χ2n) is 1.99. The van der Waals surface area contributed by atoms with Crippen LogP contribution in [0.15, 0.2) is 12.7 Å². The van der Waals surface area contributed by atoms with Crippen molar-refractivity contribution in [1.82, 2.24) is 0 Å². The highest BCUT2D eigenvalue weighted by Gasteiger charge is 2.18. The zero-order valence-corrected chi connectivity index (χ0v) is 5.76. The van der Waals surface area contributed by atoms with Gasteiger partial charge in [0, 0.05) is 7.11 Å². The van der Waals surface area contributed by atoms with Crippen LogP contribution in [0, 0.1) is 0 Å². The third kappa shape index (κ3) is 2.60. The maximum atomic E-state index is 8.04. The molecule has 3 heteroatoms. The molecule has 1 atom stereocenters. The van der Waals surface area contributed by atoms with E-state index in [1.54, 1.807) is 13.0 Å². The van der Waals surface area contributed by atoms with Crippen LogP contribution >= 0.6 is 0 Å². The monoisotopic (exact) mass is 132 g/mol. The Kier molecular flexibility index (Phi) is 3.46. The minimum Gasteiger partial charge on any atom is -0.372 e. The Balaban J connectivity index is 3.76. The first-order valence-corrected chi connectivity index (χ1v) is 2.63. The second kappa shape index (κ2) is 3.61. The predicted octanol–water partition coefficient (Wildman–Crippen LogP) is 1.07. The summed E-state index contributed by atoms with van der Waals surface area (Å²) in [6, 6.07) is 0. The number of ether oxygens (including phenoxy) is 1. The summed E-state index contributed by atoms with van der Waals surface area (Å²) in [6.07, 6.45) is 1.57. The van der Waals surface area contributed by atoms with Gasteiger partial charge in [-0.05, 0) is 6.92 Å². The molecule has 0 aliphatic carbocycles. The van der Waals surface area contributed by atoms with Crippen molar-refractivity contribution in [2.45, 2.75) is 12.5 Å². The van der Waals surface area contributed by atoms with Gasteiger partial charge in [-0.1, -0.05) is 6.08 Å². The van der Waals surface area contributed by atoms with Crippen LogP contribution in [0.2, 0.25) is 0 Å². The molecule has 0 amide bonds. The molecular weight excluding hydrogens is 120 g/mol. The molecule has 0 saturated carbocycles. The molecule has 0 spiro atoms. The number of methoxy groups -OCH3 is 1. The highest BCUT2D eigenvalue weighted by atomic mass is 17.1. The van der Waals surface area contributed by atoms with E-state index in [1.165, 1.54) is 7.11 Å². The molecule has 0 rings (SSSR count). The molecule has 0 aromatic heterocycles. The highest BCUT2D eigenvalue weighted by Crippen LogP contribution is 2.09. The zero-order chi connectivity index (χ0) is 7.33. The van der Waals surface area contributed by atoms with Crippen LogP contribution in [-0.2, 0) is 9.62 Å². The van der Waals surface area contributed by atoms with Gasteiger partial charge in [-0.25, -0.2) is 4.89 Å². The Labute approximate surface area is 54.8 Å². The maximum absolute atomic E-state index is 8.04. The Morgan fingerprint density at radius 3 is 2.44 bits per heavy atom. The topological polar surface area (TPSA) is 38.7 Å². The lowest BCUT2D eigenvalue weighted by atomic mass is 10.1. The van der Waals surface area contributed by atoms with Crippen LogP contribution in [0.3, 0.4) is 0 Å². The first kappa shape index (κ1) is 8.62. The van der Waals surface area contributed by atoms with Gasteiger partial charge in [-0.3, -0.25) is 5.26 Å². The van der Waals surface area contributed by atoms with Crippen molar-refractivity contribution in [3.05, 3.63) is 12.7 Å². The largest absolute Gasteiger partial charge is 0.372 e. The summed E-state index contributed by atoms with van der Waals surface area (Å²) in [5, 5.41) is 8.04. The van der Waals surface area contributed by atoms with Crippen LogP contribution in [0.5, 0.6) is 0 Å². The molecule has 0 radical (unpaired) electrons. The summed E-state index contributed by atoms with van der Waals surface area (Å²) >= 11 is 0. The molecule has 0 bridgehead atoms. The molecule has 54 valence electrons. The lowest BCUT2D eigenvalue weighted by Gasteiger charge is -2.20. The molecule has 1 N–H and O–H groups in total. The average Bonchev–Trinajstić information content (AvgIpc) is 1.89. The van der Waals surface area contributed by atoms with E-state index >= 15 is 0 Å². The van der Waals surface area contributed by atoms with E-state index in [9.17, 15) is 0 Å². The molecule has 0 fully saturated rings. The fraction of sp³-hybridized carbons (Fsp3) is 0.667. The fourth-order valence-electron chi connectivity index (χ4n) is 0.329. The summed E-state index contributed by atoms with van der Waals surface area (Å²) in [4.78, 5) is 3.89. The Bertz CT molecular complexity index is 92.3. The van der Waals surface area contributed by atoms with E-state index < -0.39 is 5.60 Å². The number of rotatable bonds is 4. The van der Waals surface area contributed by atoms with E-state index in [-0.39, 0.29) is 6.61 Å². The van der Waals surface area contributed by atoms with Gasteiger partial charge >= 0.3 is 0 Å². The number of hydrogen-bond acceptors (Lipinski definition) is 3. The number of hydrogen-bond donors (Lipinski definition) is 1. The molecule has 0 aliphatic rings. The quantitative estimate of drug-likeness (QED) is 0.353. The molecule has 3 nitrogen and oxygen atoms in total. The molecule has 1 unspecified atom stereocenters. The highest BCUT2D eigenvalue weighted by molar-refractivity contribution is 4.92. The molecule has 0 aromatic rings. The summed E-state index contributed by atoms with van der Waals surface area (Å²) < 4.78 is 4.92. The lowest BCUT2D eigenvalue weighted by Crippen LogP contribution is -2.29. The van der Waals surface area contributed by atoms with Crippen molar-refractivity contribution in [2.75, 3.05) is 13.7 Å². The van der Waals surface area contributed by atoms with Crippen molar-refractivity contribution in [3.8, 4) is 0 Å². The third-order valence-corrected chi connectivity index (χ3v) is 1.25. The first-order chi connectivity index (χ1) is 4.18. The van der Waals surface area contributed by atoms with Gasteiger partial charge < -0.3 is 4.74 Å². The van der Waals surface area contributed by atoms with Crippen LogP contribution in [0.4, 0.5) is 0 Å². The Morgan fingerprint density at radius 2 is 2.33 bits per heavy atom. The third-order valence-electron chi connectivity index (χ3n) is 1.25. The summed E-state index contributed by atoms with van der Waals surface area (Å²) in [5.74, 6) is 0. The normalized spacial score (nSPS) is 16.8. The van der Waals surface area contributed by atoms with Crippen LogP contribution in [0.1, 0.15) is 6.92 Å². The van der Waals surface area contributed by atoms with Gasteiger partial charge in [0.15, 0.2) is 0 Å². The van der Waals surface area contributed by atoms with Crippen LogP contribution in [-0.4, -0.2) is 24.6 Å². The Morgan fingerprint density at radius 1 is 1.78 bits per heavy atom. The Hall–Kier alpha value is -0.380. The second-order valence-corrected chi connectivity index (χ2v) is 1.99. The van der Waals surface area contributed by atoms with E-state index in [0.717, 1.165) is 0 Å². The van der Waals surface area contributed by atoms with Crippen molar-refractivity contribution >= 4 is 0 Å². The minimum absolute atomic E-state index is 0.104. The molecular formula is C6H12O3. The van der Waals surface area contributed by atoms with Crippen molar-refractivity contribution < 1.29 is 14.9 Å². The molecule has 0 aromatic carbocycles. The van der Waals surface area contributed by atoms with Gasteiger partial charge in [0.2, 0.25) is 0 Å². The van der Waals surface area contributed by atoms with E-state index in [0.29, 0.717) is 0 Å². The summed E-state index contributed by atoms with van der Waals surface area (Å²) in [6.45, 7) is 5.37. The summed E-state index contributed by atoms with van der Waals surface area (Å²) in [5.41, 5.74) is -0.575. The molecule has 9 heavy (non-hydrogen) atoms. The standard InChI is InChI=1S/C6H12O3/c1-4-6(2,8-3)5-9-7/h4,7H,1,5H2,2-3H3. The minimum atomic E-state index is -0.575. The van der Waals surface area contributed by atoms with Crippen molar-refractivity contribution in [3.63, 3.8) is 0 Å². The smallest absolute Gasteiger partial charge is 0.114 e. The van der Waals surface area contributed by atoms with E-state index in [2.05, 4.69) is 11.5 Å². The maximum Gasteiger partial charge on any atom is 0.114 e. The lowest BCUT2D eigenvalue weighted by molar-refractivity contribution is -0.266.